The lowest BCUT2D eigenvalue weighted by atomic mass is 10.2. The van der Waals surface area contributed by atoms with Gasteiger partial charge in [-0.1, -0.05) is 35.0 Å². The SMILES string of the molecule is CCNC(=NCc1ccc2c(c1)OCO2)NCCc1nc(-c2cccc(Cl)c2)no1. The molecule has 9 heteroatoms. The van der Waals surface area contributed by atoms with E-state index in [2.05, 4.69) is 25.8 Å². The fraction of sp³-hybridized carbons (Fsp3) is 0.286. The van der Waals surface area contributed by atoms with Crippen molar-refractivity contribution in [3.8, 4) is 22.9 Å². The van der Waals surface area contributed by atoms with Gasteiger partial charge in [0.1, 0.15) is 0 Å². The number of halogens is 1. The van der Waals surface area contributed by atoms with Crippen molar-refractivity contribution in [1.29, 1.82) is 0 Å². The first-order valence-corrected chi connectivity index (χ1v) is 10.1. The predicted octanol–water partition coefficient (Wildman–Crippen LogP) is 3.42. The average molecular weight is 428 g/mol. The topological polar surface area (TPSA) is 93.8 Å². The van der Waals surface area contributed by atoms with E-state index in [1.807, 2.05) is 37.3 Å². The molecule has 2 heterocycles. The van der Waals surface area contributed by atoms with Crippen molar-refractivity contribution < 1.29 is 14.0 Å². The Hall–Kier alpha value is -3.26. The number of nitrogens with one attached hydrogen (secondary N) is 2. The van der Waals surface area contributed by atoms with Gasteiger partial charge >= 0.3 is 0 Å². The number of guanidine groups is 1. The molecule has 3 aromatic rings. The van der Waals surface area contributed by atoms with E-state index in [1.165, 1.54) is 0 Å². The van der Waals surface area contributed by atoms with Crippen molar-refractivity contribution in [2.45, 2.75) is 19.9 Å². The molecule has 1 aromatic heterocycles. The molecule has 0 unspecified atom stereocenters. The second kappa shape index (κ2) is 9.49. The summed E-state index contributed by atoms with van der Waals surface area (Å²) in [6, 6.07) is 13.2. The first-order valence-electron chi connectivity index (χ1n) is 9.70. The monoisotopic (exact) mass is 427 g/mol. The van der Waals surface area contributed by atoms with Crippen LogP contribution in [0, 0.1) is 0 Å². The number of rotatable bonds is 7. The minimum Gasteiger partial charge on any atom is -0.454 e. The summed E-state index contributed by atoms with van der Waals surface area (Å²) in [6.45, 7) is 4.16. The van der Waals surface area contributed by atoms with Gasteiger partial charge in [0.15, 0.2) is 17.5 Å². The quantitative estimate of drug-likeness (QED) is 0.440. The first kappa shape index (κ1) is 20.0. The molecule has 0 amide bonds. The van der Waals surface area contributed by atoms with Gasteiger partial charge in [-0.05, 0) is 36.8 Å². The van der Waals surface area contributed by atoms with Gasteiger partial charge in [0.25, 0.3) is 0 Å². The summed E-state index contributed by atoms with van der Waals surface area (Å²) >= 11 is 6.02. The van der Waals surface area contributed by atoms with Gasteiger partial charge in [-0.25, -0.2) is 4.99 Å². The molecule has 0 saturated carbocycles. The molecule has 0 fully saturated rings. The van der Waals surface area contributed by atoms with Crippen LogP contribution in [0.1, 0.15) is 18.4 Å². The number of benzene rings is 2. The van der Waals surface area contributed by atoms with Crippen LogP contribution in [0.3, 0.4) is 0 Å². The van der Waals surface area contributed by atoms with Gasteiger partial charge < -0.3 is 24.6 Å². The summed E-state index contributed by atoms with van der Waals surface area (Å²) < 4.78 is 16.1. The van der Waals surface area contributed by atoms with Crippen molar-refractivity contribution in [3.05, 3.63) is 58.9 Å². The summed E-state index contributed by atoms with van der Waals surface area (Å²) in [7, 11) is 0. The van der Waals surface area contributed by atoms with Crippen LogP contribution >= 0.6 is 11.6 Å². The number of hydrogen-bond donors (Lipinski definition) is 2. The Kier molecular flexibility index (Phi) is 6.34. The maximum absolute atomic E-state index is 6.02. The maximum atomic E-state index is 6.02. The highest BCUT2D eigenvalue weighted by molar-refractivity contribution is 6.30. The summed E-state index contributed by atoms with van der Waals surface area (Å²) in [5.74, 6) is 3.31. The van der Waals surface area contributed by atoms with Crippen LogP contribution in [0.5, 0.6) is 11.5 Å². The molecule has 4 rings (SSSR count). The number of aromatic nitrogens is 2. The number of nitrogens with zero attached hydrogens (tertiary/aromatic N) is 3. The Labute approximate surface area is 179 Å². The van der Waals surface area contributed by atoms with Crippen LogP contribution in [-0.2, 0) is 13.0 Å². The van der Waals surface area contributed by atoms with Crippen LogP contribution in [-0.4, -0.2) is 36.0 Å². The number of ether oxygens (including phenoxy) is 2. The minimum absolute atomic E-state index is 0.265. The van der Waals surface area contributed by atoms with Crippen LogP contribution in [0.15, 0.2) is 52.0 Å². The van der Waals surface area contributed by atoms with Crippen LogP contribution in [0.4, 0.5) is 0 Å². The highest BCUT2D eigenvalue weighted by Crippen LogP contribution is 2.32. The maximum Gasteiger partial charge on any atom is 0.231 e. The zero-order chi connectivity index (χ0) is 20.8. The van der Waals surface area contributed by atoms with Gasteiger partial charge in [-0.3, -0.25) is 0 Å². The molecule has 0 radical (unpaired) electrons. The van der Waals surface area contributed by atoms with E-state index in [0.717, 1.165) is 29.2 Å². The Balaban J connectivity index is 1.32. The summed E-state index contributed by atoms with van der Waals surface area (Å²) in [5, 5.41) is 11.2. The van der Waals surface area contributed by atoms with E-state index in [4.69, 9.17) is 25.6 Å². The number of hydrogen-bond acceptors (Lipinski definition) is 6. The third-order valence-electron chi connectivity index (χ3n) is 4.38. The van der Waals surface area contributed by atoms with Gasteiger partial charge in [0.2, 0.25) is 18.5 Å². The predicted molar refractivity (Wildman–Crippen MR) is 114 cm³/mol. The van der Waals surface area contributed by atoms with E-state index < -0.39 is 0 Å². The molecule has 2 aromatic carbocycles. The summed E-state index contributed by atoms with van der Waals surface area (Å²) in [4.78, 5) is 9.05. The van der Waals surface area contributed by atoms with Gasteiger partial charge in [-0.2, -0.15) is 4.98 Å². The highest BCUT2D eigenvalue weighted by Gasteiger charge is 2.13. The molecule has 0 saturated heterocycles. The molecule has 0 aliphatic carbocycles. The number of aliphatic imine (C=N–C) groups is 1. The van der Waals surface area contributed by atoms with Gasteiger partial charge in [-0.15, -0.1) is 0 Å². The summed E-state index contributed by atoms with van der Waals surface area (Å²) in [6.07, 6.45) is 0.571. The van der Waals surface area contributed by atoms with Gasteiger partial charge in [0.05, 0.1) is 6.54 Å². The van der Waals surface area contributed by atoms with Crippen molar-refractivity contribution in [3.63, 3.8) is 0 Å². The molecule has 156 valence electrons. The number of fused-ring (bicyclic) bond motifs is 1. The minimum atomic E-state index is 0.265. The smallest absolute Gasteiger partial charge is 0.231 e. The molecule has 0 spiro atoms. The van der Waals surface area contributed by atoms with Crippen LogP contribution in [0.2, 0.25) is 5.02 Å². The fourth-order valence-electron chi connectivity index (χ4n) is 2.94. The zero-order valence-electron chi connectivity index (χ0n) is 16.5. The molecule has 0 atom stereocenters. The second-order valence-corrected chi connectivity index (χ2v) is 7.02. The average Bonchev–Trinajstić information content (AvgIpc) is 3.41. The Morgan fingerprint density at radius 2 is 2.03 bits per heavy atom. The lowest BCUT2D eigenvalue weighted by Gasteiger charge is -2.10. The zero-order valence-corrected chi connectivity index (χ0v) is 17.3. The van der Waals surface area contributed by atoms with Crippen LogP contribution < -0.4 is 20.1 Å². The van der Waals surface area contributed by atoms with Crippen LogP contribution in [0.25, 0.3) is 11.4 Å². The Bertz CT molecular complexity index is 1040. The van der Waals surface area contributed by atoms with Crippen molar-refractivity contribution in [2.75, 3.05) is 19.9 Å². The third-order valence-corrected chi connectivity index (χ3v) is 4.62. The standard InChI is InChI=1S/C21H22ClN5O3/c1-2-23-21(25-12-14-6-7-17-18(10-14)29-13-28-17)24-9-8-19-26-20(27-30-19)15-4-3-5-16(22)11-15/h3-7,10-11H,2,8-9,12-13H2,1H3,(H2,23,24,25). The Morgan fingerprint density at radius 1 is 1.13 bits per heavy atom. The third kappa shape index (κ3) is 5.01. The highest BCUT2D eigenvalue weighted by atomic mass is 35.5. The van der Waals surface area contributed by atoms with E-state index >= 15 is 0 Å². The molecule has 0 bridgehead atoms. The fourth-order valence-corrected chi connectivity index (χ4v) is 3.13. The molecular weight excluding hydrogens is 406 g/mol. The lowest BCUT2D eigenvalue weighted by Crippen LogP contribution is -2.38. The molecular formula is C21H22ClN5O3. The van der Waals surface area contributed by atoms with E-state index in [1.54, 1.807) is 12.1 Å². The van der Waals surface area contributed by atoms with E-state index in [-0.39, 0.29) is 6.79 Å². The molecule has 30 heavy (non-hydrogen) atoms. The normalized spacial score (nSPS) is 12.8. The molecule has 8 nitrogen and oxygen atoms in total. The molecule has 1 aliphatic heterocycles. The largest absolute Gasteiger partial charge is 0.454 e. The second-order valence-electron chi connectivity index (χ2n) is 6.58. The Morgan fingerprint density at radius 3 is 2.90 bits per heavy atom. The molecule has 2 N–H and O–H groups in total. The summed E-state index contributed by atoms with van der Waals surface area (Å²) in [5.41, 5.74) is 1.86. The van der Waals surface area contributed by atoms with Crippen molar-refractivity contribution in [2.24, 2.45) is 4.99 Å². The van der Waals surface area contributed by atoms with Crippen molar-refractivity contribution >= 4 is 17.6 Å². The van der Waals surface area contributed by atoms with Gasteiger partial charge in [0, 0.05) is 30.1 Å². The first-order chi connectivity index (χ1) is 14.7. The lowest BCUT2D eigenvalue weighted by molar-refractivity contribution is 0.174. The molecule has 1 aliphatic rings. The van der Waals surface area contributed by atoms with E-state index in [9.17, 15) is 0 Å². The van der Waals surface area contributed by atoms with E-state index in [0.29, 0.717) is 42.2 Å². The van der Waals surface area contributed by atoms with Crippen molar-refractivity contribution in [1.82, 2.24) is 20.8 Å².